The number of hydrogen-bond donors (Lipinski definition) is 4. The summed E-state index contributed by atoms with van der Waals surface area (Å²) in [6.07, 6.45) is 2.67. The van der Waals surface area contributed by atoms with Crippen LogP contribution < -0.4 is 21.5 Å². The van der Waals surface area contributed by atoms with Gasteiger partial charge in [0, 0.05) is 12.1 Å². The van der Waals surface area contributed by atoms with Gasteiger partial charge in [0.15, 0.2) is 11.5 Å². The number of nitro groups is 1. The van der Waals surface area contributed by atoms with Gasteiger partial charge < -0.3 is 21.5 Å². The zero-order valence-electron chi connectivity index (χ0n) is 11.1. The second-order valence-electron chi connectivity index (χ2n) is 4.67. The van der Waals surface area contributed by atoms with E-state index in [1.54, 1.807) is 6.07 Å². The molecule has 9 heteroatoms. The number of hydrogen-bond acceptors (Lipinski definition) is 7. The molecule has 0 fully saturated rings. The highest BCUT2D eigenvalue weighted by molar-refractivity contribution is 5.34. The van der Waals surface area contributed by atoms with Gasteiger partial charge in [-0.2, -0.15) is 0 Å². The number of H-pyrrole nitrogens is 1. The zero-order valence-corrected chi connectivity index (χ0v) is 11.1. The molecular weight excluding hydrogens is 264 g/mol. The summed E-state index contributed by atoms with van der Waals surface area (Å²) >= 11 is 0. The maximum absolute atomic E-state index is 10.7. The van der Waals surface area contributed by atoms with Crippen LogP contribution >= 0.6 is 0 Å². The number of dihydropyridines is 1. The molecule has 2 rings (SSSR count). The van der Waals surface area contributed by atoms with Gasteiger partial charge >= 0.3 is 5.70 Å². The second kappa shape index (κ2) is 4.85. The highest BCUT2D eigenvalue weighted by atomic mass is 16.6. The van der Waals surface area contributed by atoms with Gasteiger partial charge in [-0.25, -0.2) is 0 Å². The quantitative estimate of drug-likeness (QED) is 0.444. The van der Waals surface area contributed by atoms with Crippen molar-refractivity contribution < 1.29 is 9.66 Å². The lowest BCUT2D eigenvalue weighted by Gasteiger charge is -2.28. The lowest BCUT2D eigenvalue weighted by atomic mass is 10.0. The van der Waals surface area contributed by atoms with Crippen LogP contribution in [0, 0.1) is 10.1 Å². The summed E-state index contributed by atoms with van der Waals surface area (Å²) in [5.74, 6) is 0.276. The zero-order chi connectivity index (χ0) is 14.9. The highest BCUT2D eigenvalue weighted by Crippen LogP contribution is 2.24. The number of aromatic amines is 1. The maximum Gasteiger partial charge on any atom is 0.308 e. The van der Waals surface area contributed by atoms with Crippen LogP contribution in [0.4, 0.5) is 0 Å². The Morgan fingerprint density at radius 3 is 2.80 bits per heavy atom. The van der Waals surface area contributed by atoms with Crippen LogP contribution in [-0.4, -0.2) is 21.2 Å². The molecule has 2 heterocycles. The van der Waals surface area contributed by atoms with Crippen LogP contribution in [0.15, 0.2) is 29.7 Å². The van der Waals surface area contributed by atoms with Gasteiger partial charge in [0.05, 0.1) is 16.7 Å². The molecule has 0 aliphatic carbocycles. The summed E-state index contributed by atoms with van der Waals surface area (Å²) in [5, 5.41) is 20.1. The monoisotopic (exact) mass is 280 g/mol. The van der Waals surface area contributed by atoms with Crippen molar-refractivity contribution >= 4 is 0 Å². The SMILES string of the molecule is CC(C)Oc1cc(C2(N)C=CC([N+](=O)[O-])=C(N)N2)[nH]n1. The van der Waals surface area contributed by atoms with Crippen molar-refractivity contribution in [2.45, 2.75) is 25.6 Å². The van der Waals surface area contributed by atoms with Crippen molar-refractivity contribution in [1.29, 1.82) is 0 Å². The lowest BCUT2D eigenvalue weighted by Crippen LogP contribution is -2.52. The van der Waals surface area contributed by atoms with E-state index in [1.807, 2.05) is 13.8 Å². The summed E-state index contributed by atoms with van der Waals surface area (Å²) in [6, 6.07) is 1.61. The van der Waals surface area contributed by atoms with E-state index < -0.39 is 10.6 Å². The Hall–Kier alpha value is -2.55. The van der Waals surface area contributed by atoms with Crippen molar-refractivity contribution in [1.82, 2.24) is 15.5 Å². The van der Waals surface area contributed by atoms with Crippen LogP contribution in [0.3, 0.4) is 0 Å². The molecule has 0 saturated carbocycles. The summed E-state index contributed by atoms with van der Waals surface area (Å²) in [5.41, 5.74) is 10.8. The predicted molar refractivity (Wildman–Crippen MR) is 70.7 cm³/mol. The van der Waals surface area contributed by atoms with Gasteiger partial charge in [0.1, 0.15) is 0 Å². The van der Waals surface area contributed by atoms with Gasteiger partial charge in [0.2, 0.25) is 5.88 Å². The molecule has 0 radical (unpaired) electrons. The van der Waals surface area contributed by atoms with Crippen molar-refractivity contribution in [2.24, 2.45) is 11.5 Å². The Labute approximate surface area is 114 Å². The molecule has 20 heavy (non-hydrogen) atoms. The fourth-order valence-corrected chi connectivity index (χ4v) is 1.76. The minimum absolute atomic E-state index is 0.0271. The number of nitrogens with one attached hydrogen (secondary N) is 2. The Bertz CT molecular complexity index is 591. The molecule has 108 valence electrons. The van der Waals surface area contributed by atoms with E-state index in [-0.39, 0.29) is 17.6 Å². The lowest BCUT2D eigenvalue weighted by molar-refractivity contribution is -0.421. The van der Waals surface area contributed by atoms with Crippen LogP contribution in [-0.2, 0) is 5.66 Å². The van der Waals surface area contributed by atoms with Crippen LogP contribution in [0.25, 0.3) is 0 Å². The third kappa shape index (κ3) is 2.57. The molecule has 0 aromatic carbocycles. The van der Waals surface area contributed by atoms with E-state index in [0.29, 0.717) is 11.6 Å². The average Bonchev–Trinajstić information content (AvgIpc) is 2.76. The molecule has 9 nitrogen and oxygen atoms in total. The average molecular weight is 280 g/mol. The first-order valence-corrected chi connectivity index (χ1v) is 5.95. The molecule has 0 amide bonds. The number of nitrogens with zero attached hydrogens (tertiary/aromatic N) is 2. The summed E-state index contributed by atoms with van der Waals surface area (Å²) in [4.78, 5) is 10.1. The van der Waals surface area contributed by atoms with Crippen LogP contribution in [0.5, 0.6) is 5.88 Å². The molecule has 1 aromatic heterocycles. The molecule has 6 N–H and O–H groups in total. The Morgan fingerprint density at radius 1 is 1.55 bits per heavy atom. The molecule has 1 unspecified atom stereocenters. The molecule has 1 atom stereocenters. The van der Waals surface area contributed by atoms with Gasteiger partial charge in [-0.15, -0.1) is 5.10 Å². The molecule has 1 aliphatic rings. The molecule has 1 aliphatic heterocycles. The Morgan fingerprint density at radius 2 is 2.25 bits per heavy atom. The van der Waals surface area contributed by atoms with Crippen molar-refractivity contribution in [3.05, 3.63) is 45.5 Å². The third-order valence-electron chi connectivity index (χ3n) is 2.67. The first kappa shape index (κ1) is 13.9. The first-order valence-electron chi connectivity index (χ1n) is 5.95. The Kier molecular flexibility index (Phi) is 3.36. The first-order chi connectivity index (χ1) is 9.32. The van der Waals surface area contributed by atoms with Gasteiger partial charge in [-0.1, -0.05) is 0 Å². The summed E-state index contributed by atoms with van der Waals surface area (Å²) in [6.45, 7) is 3.74. The predicted octanol–water partition coefficient (Wildman–Crippen LogP) is -0.128. The highest BCUT2D eigenvalue weighted by Gasteiger charge is 2.33. The van der Waals surface area contributed by atoms with Crippen molar-refractivity contribution in [3.8, 4) is 5.88 Å². The van der Waals surface area contributed by atoms with Crippen molar-refractivity contribution in [3.63, 3.8) is 0 Å². The molecule has 1 aromatic rings. The van der Waals surface area contributed by atoms with E-state index >= 15 is 0 Å². The van der Waals surface area contributed by atoms with Crippen LogP contribution in [0.1, 0.15) is 19.5 Å². The normalized spacial score (nSPS) is 22.0. The topological polar surface area (TPSA) is 145 Å². The Balaban J connectivity index is 2.24. The van der Waals surface area contributed by atoms with E-state index in [4.69, 9.17) is 16.2 Å². The number of nitrogens with two attached hydrogens (primary N) is 2. The maximum atomic E-state index is 10.7. The van der Waals surface area contributed by atoms with Crippen molar-refractivity contribution in [2.75, 3.05) is 0 Å². The molecule has 0 bridgehead atoms. The minimum Gasteiger partial charge on any atom is -0.474 e. The standard InChI is InChI=1S/C11H16N6O3/c1-6(2)20-9-5-8(15-16-9)11(13)4-3-7(17(18)19)10(12)14-11/h3-6,14H,12-13H2,1-2H3,(H,15,16). The summed E-state index contributed by atoms with van der Waals surface area (Å²) in [7, 11) is 0. The second-order valence-corrected chi connectivity index (χ2v) is 4.67. The van der Waals surface area contributed by atoms with Gasteiger partial charge in [-0.3, -0.25) is 15.2 Å². The number of rotatable bonds is 4. The van der Waals surface area contributed by atoms with E-state index in [0.717, 1.165) is 0 Å². The molecular formula is C11H16N6O3. The van der Waals surface area contributed by atoms with Gasteiger partial charge in [0.25, 0.3) is 0 Å². The molecule has 0 spiro atoms. The van der Waals surface area contributed by atoms with E-state index in [9.17, 15) is 10.1 Å². The number of allylic oxidation sites excluding steroid dienone is 1. The van der Waals surface area contributed by atoms with E-state index in [2.05, 4.69) is 15.5 Å². The van der Waals surface area contributed by atoms with Gasteiger partial charge in [-0.05, 0) is 19.9 Å². The fraction of sp³-hybridized carbons (Fsp3) is 0.364. The van der Waals surface area contributed by atoms with Crippen LogP contribution in [0.2, 0.25) is 0 Å². The van der Waals surface area contributed by atoms with E-state index in [1.165, 1.54) is 12.2 Å². The minimum atomic E-state index is -1.20. The fourth-order valence-electron chi connectivity index (χ4n) is 1.76. The number of ether oxygens (including phenoxy) is 1. The molecule has 0 saturated heterocycles. The largest absolute Gasteiger partial charge is 0.474 e. The summed E-state index contributed by atoms with van der Waals surface area (Å²) < 4.78 is 5.42. The third-order valence-corrected chi connectivity index (χ3v) is 2.67. The smallest absolute Gasteiger partial charge is 0.308 e. The number of aromatic nitrogens is 2.